The number of thiophene rings is 1. The fourth-order valence-electron chi connectivity index (χ4n) is 2.49. The Morgan fingerprint density at radius 1 is 1.36 bits per heavy atom. The van der Waals surface area contributed by atoms with E-state index in [1.165, 1.54) is 0 Å². The number of aromatic nitrogens is 1. The SMILES string of the molecule is CCN1CCN(c2oc(C=Cc3cccs3)nc2C#N)CC1. The highest BCUT2D eigenvalue weighted by Crippen LogP contribution is 2.24. The summed E-state index contributed by atoms with van der Waals surface area (Å²) >= 11 is 1.65. The molecule has 0 bridgehead atoms. The molecule has 3 heterocycles. The van der Waals surface area contributed by atoms with Crippen LogP contribution >= 0.6 is 11.3 Å². The zero-order valence-electron chi connectivity index (χ0n) is 12.5. The Hall–Kier alpha value is -2.10. The number of anilines is 1. The first kappa shape index (κ1) is 14.8. The van der Waals surface area contributed by atoms with Crippen LogP contribution in [-0.2, 0) is 0 Å². The average molecular weight is 314 g/mol. The Morgan fingerprint density at radius 2 is 2.18 bits per heavy atom. The second kappa shape index (κ2) is 6.77. The van der Waals surface area contributed by atoms with Crippen molar-refractivity contribution in [2.45, 2.75) is 6.92 Å². The molecule has 3 rings (SSSR count). The molecule has 1 saturated heterocycles. The van der Waals surface area contributed by atoms with Crippen molar-refractivity contribution < 1.29 is 4.42 Å². The van der Waals surface area contributed by atoms with Gasteiger partial charge in [0.1, 0.15) is 6.07 Å². The van der Waals surface area contributed by atoms with Crippen LogP contribution in [0.2, 0.25) is 0 Å². The molecule has 5 nitrogen and oxygen atoms in total. The van der Waals surface area contributed by atoms with Crippen LogP contribution in [-0.4, -0.2) is 42.6 Å². The number of hydrogen-bond donors (Lipinski definition) is 0. The molecule has 22 heavy (non-hydrogen) atoms. The van der Waals surface area contributed by atoms with Gasteiger partial charge in [0, 0.05) is 37.1 Å². The van der Waals surface area contributed by atoms with Crippen molar-refractivity contribution in [1.29, 1.82) is 5.26 Å². The minimum Gasteiger partial charge on any atom is -0.420 e. The zero-order valence-corrected chi connectivity index (χ0v) is 13.3. The zero-order chi connectivity index (χ0) is 15.4. The molecule has 0 N–H and O–H groups in total. The second-order valence-electron chi connectivity index (χ2n) is 5.09. The third-order valence-corrected chi connectivity index (χ3v) is 4.61. The Labute approximate surface area is 134 Å². The highest BCUT2D eigenvalue weighted by molar-refractivity contribution is 7.10. The third kappa shape index (κ3) is 3.21. The lowest BCUT2D eigenvalue weighted by Gasteiger charge is -2.33. The molecule has 0 aliphatic carbocycles. The number of piperazine rings is 1. The molecular formula is C16H18N4OS. The van der Waals surface area contributed by atoms with Gasteiger partial charge in [-0.15, -0.1) is 11.3 Å². The molecule has 114 valence electrons. The van der Waals surface area contributed by atoms with Gasteiger partial charge in [-0.1, -0.05) is 13.0 Å². The smallest absolute Gasteiger partial charge is 0.235 e. The summed E-state index contributed by atoms with van der Waals surface area (Å²) in [5.41, 5.74) is 0.371. The number of nitriles is 1. The molecule has 0 radical (unpaired) electrons. The van der Waals surface area contributed by atoms with Crippen LogP contribution in [0.15, 0.2) is 21.9 Å². The highest BCUT2D eigenvalue weighted by Gasteiger charge is 2.22. The first-order valence-corrected chi connectivity index (χ1v) is 8.28. The maximum atomic E-state index is 9.28. The minimum absolute atomic E-state index is 0.371. The van der Waals surface area contributed by atoms with Crippen LogP contribution in [0, 0.1) is 11.3 Å². The molecule has 1 fully saturated rings. The Balaban J connectivity index is 1.76. The van der Waals surface area contributed by atoms with E-state index >= 15 is 0 Å². The largest absolute Gasteiger partial charge is 0.420 e. The van der Waals surface area contributed by atoms with Gasteiger partial charge in [0.25, 0.3) is 0 Å². The molecule has 0 atom stereocenters. The van der Waals surface area contributed by atoms with E-state index in [0.717, 1.165) is 37.6 Å². The number of rotatable bonds is 4. The molecule has 6 heteroatoms. The van der Waals surface area contributed by atoms with Gasteiger partial charge in [-0.3, -0.25) is 0 Å². The van der Waals surface area contributed by atoms with Crippen LogP contribution < -0.4 is 4.90 Å². The van der Waals surface area contributed by atoms with E-state index in [1.807, 2.05) is 29.7 Å². The quantitative estimate of drug-likeness (QED) is 0.868. The Kier molecular flexibility index (Phi) is 4.56. The maximum Gasteiger partial charge on any atom is 0.235 e. The lowest BCUT2D eigenvalue weighted by molar-refractivity contribution is 0.266. The van der Waals surface area contributed by atoms with E-state index in [2.05, 4.69) is 27.8 Å². The highest BCUT2D eigenvalue weighted by atomic mass is 32.1. The number of hydrogen-bond acceptors (Lipinski definition) is 6. The molecule has 0 aromatic carbocycles. The van der Waals surface area contributed by atoms with Crippen LogP contribution in [0.1, 0.15) is 23.4 Å². The maximum absolute atomic E-state index is 9.28. The summed E-state index contributed by atoms with van der Waals surface area (Å²) in [6.45, 7) is 6.94. The molecule has 1 aliphatic heterocycles. The normalized spacial score (nSPS) is 16.3. The molecule has 1 aliphatic rings. The van der Waals surface area contributed by atoms with Crippen molar-refractivity contribution >= 4 is 29.4 Å². The van der Waals surface area contributed by atoms with Gasteiger partial charge in [-0.2, -0.15) is 10.2 Å². The van der Waals surface area contributed by atoms with Gasteiger partial charge in [0.15, 0.2) is 0 Å². The summed E-state index contributed by atoms with van der Waals surface area (Å²) in [5, 5.41) is 11.3. The van der Waals surface area contributed by atoms with Crippen molar-refractivity contribution in [2.24, 2.45) is 0 Å². The van der Waals surface area contributed by atoms with Crippen LogP contribution in [0.4, 0.5) is 5.88 Å². The Bertz CT molecular complexity index is 676. The van der Waals surface area contributed by atoms with Gasteiger partial charge < -0.3 is 14.2 Å². The summed E-state index contributed by atoms with van der Waals surface area (Å²) in [6, 6.07) is 6.17. The lowest BCUT2D eigenvalue weighted by Crippen LogP contribution is -2.46. The van der Waals surface area contributed by atoms with Crippen molar-refractivity contribution in [1.82, 2.24) is 9.88 Å². The predicted molar refractivity (Wildman–Crippen MR) is 88.8 cm³/mol. The fraction of sp³-hybridized carbons (Fsp3) is 0.375. The molecule has 0 amide bonds. The number of likely N-dealkylation sites (N-methyl/N-ethyl adjacent to an activating group) is 1. The van der Waals surface area contributed by atoms with Crippen LogP contribution in [0.3, 0.4) is 0 Å². The van der Waals surface area contributed by atoms with Crippen LogP contribution in [0.5, 0.6) is 0 Å². The molecule has 2 aromatic rings. The predicted octanol–water partition coefficient (Wildman–Crippen LogP) is 2.92. The minimum atomic E-state index is 0.371. The monoisotopic (exact) mass is 314 g/mol. The van der Waals surface area contributed by atoms with Gasteiger partial charge in [-0.25, -0.2) is 0 Å². The molecule has 0 unspecified atom stereocenters. The van der Waals surface area contributed by atoms with Gasteiger partial charge in [0.05, 0.1) is 0 Å². The number of nitrogens with zero attached hydrogens (tertiary/aromatic N) is 4. The van der Waals surface area contributed by atoms with E-state index in [9.17, 15) is 5.26 Å². The summed E-state index contributed by atoms with van der Waals surface area (Å²) < 4.78 is 5.80. The molecule has 0 spiro atoms. The first-order chi connectivity index (χ1) is 10.8. The van der Waals surface area contributed by atoms with E-state index < -0.39 is 0 Å². The van der Waals surface area contributed by atoms with Crippen molar-refractivity contribution in [3.05, 3.63) is 34.0 Å². The Morgan fingerprint density at radius 3 is 2.82 bits per heavy atom. The van der Waals surface area contributed by atoms with E-state index in [4.69, 9.17) is 4.42 Å². The third-order valence-electron chi connectivity index (χ3n) is 3.77. The standard InChI is InChI=1S/C16H18N4OS/c1-2-19-7-9-20(10-8-19)16-14(12-17)18-15(21-16)6-5-13-4-3-11-22-13/h3-6,11H,2,7-10H2,1H3. The average Bonchev–Trinajstić information content (AvgIpc) is 3.22. The summed E-state index contributed by atoms with van der Waals surface area (Å²) in [5.74, 6) is 1.09. The van der Waals surface area contributed by atoms with Gasteiger partial charge in [0.2, 0.25) is 17.5 Å². The first-order valence-electron chi connectivity index (χ1n) is 7.40. The summed E-state index contributed by atoms with van der Waals surface area (Å²) in [6.07, 6.45) is 3.77. The molecule has 2 aromatic heterocycles. The lowest BCUT2D eigenvalue weighted by atomic mass is 10.3. The number of oxazole rings is 1. The molecular weight excluding hydrogens is 296 g/mol. The van der Waals surface area contributed by atoms with Crippen molar-refractivity contribution in [3.63, 3.8) is 0 Å². The topological polar surface area (TPSA) is 56.3 Å². The van der Waals surface area contributed by atoms with Crippen molar-refractivity contribution in [3.8, 4) is 6.07 Å². The summed E-state index contributed by atoms with van der Waals surface area (Å²) in [7, 11) is 0. The van der Waals surface area contributed by atoms with Crippen molar-refractivity contribution in [2.75, 3.05) is 37.6 Å². The van der Waals surface area contributed by atoms with Crippen LogP contribution in [0.25, 0.3) is 12.2 Å². The van der Waals surface area contributed by atoms with Gasteiger partial charge >= 0.3 is 0 Å². The fourth-order valence-corrected chi connectivity index (χ4v) is 3.11. The van der Waals surface area contributed by atoms with Gasteiger partial charge in [-0.05, 0) is 24.1 Å². The van der Waals surface area contributed by atoms with E-state index in [0.29, 0.717) is 17.5 Å². The second-order valence-corrected chi connectivity index (χ2v) is 6.07. The van der Waals surface area contributed by atoms with E-state index in [1.54, 1.807) is 11.3 Å². The molecule has 0 saturated carbocycles. The summed E-state index contributed by atoms with van der Waals surface area (Å²) in [4.78, 5) is 9.91. The van der Waals surface area contributed by atoms with E-state index in [-0.39, 0.29) is 0 Å².